The molecule has 154 valence electrons. The molecule has 5 heteroatoms. The first kappa shape index (κ1) is 19.7. The van der Waals surface area contributed by atoms with E-state index in [0.717, 1.165) is 39.5 Å². The third-order valence-corrected chi connectivity index (χ3v) is 6.01. The molecule has 0 unspecified atom stereocenters. The molecule has 1 aliphatic rings. The lowest BCUT2D eigenvalue weighted by molar-refractivity contribution is 0.299. The van der Waals surface area contributed by atoms with E-state index < -0.39 is 0 Å². The molecule has 4 aromatic rings. The third-order valence-electron chi connectivity index (χ3n) is 5.76. The fourth-order valence-corrected chi connectivity index (χ4v) is 4.33. The number of aliphatic hydroxyl groups excluding tert-OH is 1. The van der Waals surface area contributed by atoms with Crippen LogP contribution in [0.15, 0.2) is 79.0 Å². The molecule has 5 rings (SSSR count). The van der Waals surface area contributed by atoms with Gasteiger partial charge in [-0.1, -0.05) is 60.1 Å². The summed E-state index contributed by atoms with van der Waals surface area (Å²) in [4.78, 5) is 9.45. The second-order valence-corrected chi connectivity index (χ2v) is 8.19. The van der Waals surface area contributed by atoms with Crippen molar-refractivity contribution in [2.24, 2.45) is 0 Å². The van der Waals surface area contributed by atoms with Gasteiger partial charge in [0.1, 0.15) is 0 Å². The van der Waals surface area contributed by atoms with Crippen molar-refractivity contribution in [3.63, 3.8) is 0 Å². The largest absolute Gasteiger partial charge is 0.396 e. The van der Waals surface area contributed by atoms with Gasteiger partial charge in [-0.15, -0.1) is 0 Å². The minimum atomic E-state index is 0.150. The van der Waals surface area contributed by atoms with Gasteiger partial charge in [0.15, 0.2) is 0 Å². The zero-order valence-electron chi connectivity index (χ0n) is 16.9. The molecule has 0 spiro atoms. The number of nitrogens with one attached hydrogen (secondary N) is 1. The first-order chi connectivity index (χ1) is 15.2. The van der Waals surface area contributed by atoms with Gasteiger partial charge in [0.2, 0.25) is 5.95 Å². The van der Waals surface area contributed by atoms with Crippen molar-refractivity contribution < 1.29 is 5.11 Å². The molecule has 2 N–H and O–H groups in total. The van der Waals surface area contributed by atoms with E-state index in [1.807, 2.05) is 42.6 Å². The molecular weight excluding hydrogens is 406 g/mol. The van der Waals surface area contributed by atoms with Crippen LogP contribution in [-0.4, -0.2) is 21.7 Å². The van der Waals surface area contributed by atoms with Gasteiger partial charge in [-0.3, -0.25) is 0 Å². The summed E-state index contributed by atoms with van der Waals surface area (Å²) in [6.45, 7) is 0.150. The Bertz CT molecular complexity index is 1210. The number of anilines is 2. The standard InChI is InChI=1S/C26H22ClN3O/c27-20-9-7-18(8-10-20)24-15-19-16-28-26(29-21-11-5-17(6-12-21)13-14-31)30-25(19)23-4-2-1-3-22(23)24/h1-12,16,24,31H,13-15H2,(H,28,29,30)/t24-/m1/s1. The highest BCUT2D eigenvalue weighted by Gasteiger charge is 2.27. The molecule has 0 saturated heterocycles. The molecule has 1 heterocycles. The molecule has 1 aromatic heterocycles. The highest BCUT2D eigenvalue weighted by Crippen LogP contribution is 2.42. The maximum Gasteiger partial charge on any atom is 0.227 e. The summed E-state index contributed by atoms with van der Waals surface area (Å²) in [6, 6.07) is 24.5. The number of aliphatic hydroxyl groups is 1. The molecule has 0 aliphatic heterocycles. The predicted octanol–water partition coefficient (Wildman–Crippen LogP) is 5.76. The summed E-state index contributed by atoms with van der Waals surface area (Å²) in [5.41, 5.74) is 7.81. The van der Waals surface area contributed by atoms with Crippen molar-refractivity contribution in [3.05, 3.63) is 106 Å². The van der Waals surface area contributed by atoms with E-state index in [0.29, 0.717) is 12.4 Å². The van der Waals surface area contributed by atoms with Gasteiger partial charge >= 0.3 is 0 Å². The molecule has 0 saturated carbocycles. The average Bonchev–Trinajstić information content (AvgIpc) is 2.81. The topological polar surface area (TPSA) is 58.0 Å². The highest BCUT2D eigenvalue weighted by atomic mass is 35.5. The number of fused-ring (bicyclic) bond motifs is 3. The zero-order chi connectivity index (χ0) is 21.2. The first-order valence-electron chi connectivity index (χ1n) is 10.4. The second-order valence-electron chi connectivity index (χ2n) is 7.76. The van der Waals surface area contributed by atoms with Crippen LogP contribution >= 0.6 is 11.6 Å². The Hall–Kier alpha value is -3.21. The maximum absolute atomic E-state index is 9.08. The van der Waals surface area contributed by atoms with Crippen LogP contribution in [-0.2, 0) is 12.8 Å². The molecule has 1 atom stereocenters. The van der Waals surface area contributed by atoms with Gasteiger partial charge in [-0.2, -0.15) is 0 Å². The Labute approximate surface area is 186 Å². The van der Waals surface area contributed by atoms with Gasteiger partial charge in [-0.25, -0.2) is 9.97 Å². The fourth-order valence-electron chi connectivity index (χ4n) is 4.20. The summed E-state index contributed by atoms with van der Waals surface area (Å²) >= 11 is 6.10. The summed E-state index contributed by atoms with van der Waals surface area (Å²) in [5, 5.41) is 13.1. The third kappa shape index (κ3) is 4.05. The van der Waals surface area contributed by atoms with Crippen molar-refractivity contribution >= 4 is 23.2 Å². The second kappa shape index (κ2) is 8.50. The van der Waals surface area contributed by atoms with Crippen molar-refractivity contribution in [1.82, 2.24) is 9.97 Å². The summed E-state index contributed by atoms with van der Waals surface area (Å²) in [5.74, 6) is 0.829. The van der Waals surface area contributed by atoms with E-state index in [1.54, 1.807) is 0 Å². The Morgan fingerprint density at radius 1 is 0.968 bits per heavy atom. The quantitative estimate of drug-likeness (QED) is 0.425. The number of hydrogen-bond acceptors (Lipinski definition) is 4. The van der Waals surface area contributed by atoms with E-state index >= 15 is 0 Å². The number of halogens is 1. The van der Waals surface area contributed by atoms with E-state index in [-0.39, 0.29) is 12.5 Å². The molecule has 0 bridgehead atoms. The maximum atomic E-state index is 9.08. The minimum absolute atomic E-state index is 0.150. The molecule has 4 nitrogen and oxygen atoms in total. The van der Waals surface area contributed by atoms with Gasteiger partial charge in [0, 0.05) is 35.0 Å². The van der Waals surface area contributed by atoms with E-state index in [4.69, 9.17) is 21.7 Å². The molecule has 1 aliphatic carbocycles. The van der Waals surface area contributed by atoms with Gasteiger partial charge in [0.25, 0.3) is 0 Å². The Morgan fingerprint density at radius 3 is 2.52 bits per heavy atom. The summed E-state index contributed by atoms with van der Waals surface area (Å²) < 4.78 is 0. The highest BCUT2D eigenvalue weighted by molar-refractivity contribution is 6.30. The van der Waals surface area contributed by atoms with Crippen molar-refractivity contribution in [2.45, 2.75) is 18.8 Å². The number of rotatable bonds is 5. The van der Waals surface area contributed by atoms with E-state index in [1.165, 1.54) is 11.1 Å². The first-order valence-corrected chi connectivity index (χ1v) is 10.8. The van der Waals surface area contributed by atoms with Crippen LogP contribution in [0.25, 0.3) is 11.3 Å². The van der Waals surface area contributed by atoms with Crippen LogP contribution in [0.5, 0.6) is 0 Å². The number of nitrogens with zero attached hydrogens (tertiary/aromatic N) is 2. The normalized spacial score (nSPS) is 14.6. The fraction of sp³-hybridized carbons (Fsp3) is 0.154. The lowest BCUT2D eigenvalue weighted by atomic mass is 9.78. The monoisotopic (exact) mass is 427 g/mol. The van der Waals surface area contributed by atoms with Crippen LogP contribution in [0.3, 0.4) is 0 Å². The van der Waals surface area contributed by atoms with Crippen LogP contribution in [0, 0.1) is 0 Å². The average molecular weight is 428 g/mol. The number of aromatic nitrogens is 2. The number of hydrogen-bond donors (Lipinski definition) is 2. The van der Waals surface area contributed by atoms with Crippen LogP contribution < -0.4 is 5.32 Å². The lowest BCUT2D eigenvalue weighted by Crippen LogP contribution is -2.15. The minimum Gasteiger partial charge on any atom is -0.396 e. The Balaban J connectivity index is 1.47. The van der Waals surface area contributed by atoms with Gasteiger partial charge < -0.3 is 10.4 Å². The van der Waals surface area contributed by atoms with Crippen molar-refractivity contribution in [1.29, 1.82) is 0 Å². The molecule has 0 radical (unpaired) electrons. The van der Waals surface area contributed by atoms with Crippen LogP contribution in [0.2, 0.25) is 5.02 Å². The smallest absolute Gasteiger partial charge is 0.227 e. The van der Waals surface area contributed by atoms with Gasteiger partial charge in [0.05, 0.1) is 5.69 Å². The molecular formula is C26H22ClN3O. The van der Waals surface area contributed by atoms with Crippen LogP contribution in [0.1, 0.15) is 28.2 Å². The molecule has 31 heavy (non-hydrogen) atoms. The van der Waals surface area contributed by atoms with Crippen LogP contribution in [0.4, 0.5) is 11.6 Å². The zero-order valence-corrected chi connectivity index (χ0v) is 17.7. The number of benzene rings is 3. The van der Waals surface area contributed by atoms with Crippen molar-refractivity contribution in [2.75, 3.05) is 11.9 Å². The summed E-state index contributed by atoms with van der Waals surface area (Å²) in [6.07, 6.45) is 3.44. The van der Waals surface area contributed by atoms with Gasteiger partial charge in [-0.05, 0) is 59.4 Å². The predicted molar refractivity (Wildman–Crippen MR) is 125 cm³/mol. The van der Waals surface area contributed by atoms with E-state index in [9.17, 15) is 0 Å². The molecule has 3 aromatic carbocycles. The SMILES string of the molecule is OCCc1ccc(Nc2ncc3c(n2)-c2ccccc2[C@@H](c2ccc(Cl)cc2)C3)cc1. The molecule has 0 amide bonds. The Kier molecular flexibility index (Phi) is 5.41. The van der Waals surface area contributed by atoms with E-state index in [2.05, 4.69) is 46.7 Å². The summed E-state index contributed by atoms with van der Waals surface area (Å²) in [7, 11) is 0. The lowest BCUT2D eigenvalue weighted by Gasteiger charge is -2.27. The Morgan fingerprint density at radius 2 is 1.74 bits per heavy atom. The van der Waals surface area contributed by atoms with Crippen molar-refractivity contribution in [3.8, 4) is 11.3 Å². The molecule has 0 fully saturated rings.